The molecule has 1 aromatic carbocycles. The molecule has 1 saturated heterocycles. The summed E-state index contributed by atoms with van der Waals surface area (Å²) in [5, 5.41) is 6.66. The first-order chi connectivity index (χ1) is 14.4. The SMILES string of the molecule is COc1ccccc1CCNC(=O)C(=O)NC[C@@H]1OCCN1S(=O)(=O)c1cccs1. The lowest BCUT2D eigenvalue weighted by Gasteiger charge is -2.22. The van der Waals surface area contributed by atoms with Crippen molar-refractivity contribution in [1.82, 2.24) is 14.9 Å². The monoisotopic (exact) mass is 453 g/mol. The fraction of sp³-hybridized carbons (Fsp3) is 0.368. The van der Waals surface area contributed by atoms with Crippen LogP contribution < -0.4 is 15.4 Å². The van der Waals surface area contributed by atoms with Crippen molar-refractivity contribution < 1.29 is 27.5 Å². The Labute approximate surface area is 179 Å². The van der Waals surface area contributed by atoms with Crippen LogP contribution in [0.15, 0.2) is 46.0 Å². The molecule has 1 atom stereocenters. The zero-order valence-corrected chi connectivity index (χ0v) is 18.0. The van der Waals surface area contributed by atoms with Gasteiger partial charge in [0.05, 0.1) is 20.3 Å². The molecular weight excluding hydrogens is 430 g/mol. The molecule has 1 fully saturated rings. The Kier molecular flexibility index (Phi) is 7.43. The van der Waals surface area contributed by atoms with Crippen molar-refractivity contribution in [2.24, 2.45) is 0 Å². The van der Waals surface area contributed by atoms with Gasteiger partial charge in [-0.25, -0.2) is 8.42 Å². The van der Waals surface area contributed by atoms with Gasteiger partial charge in [-0.15, -0.1) is 11.3 Å². The molecule has 2 N–H and O–H groups in total. The van der Waals surface area contributed by atoms with Gasteiger partial charge in [0, 0.05) is 13.1 Å². The van der Waals surface area contributed by atoms with Gasteiger partial charge < -0.3 is 20.1 Å². The highest BCUT2D eigenvalue weighted by molar-refractivity contribution is 7.91. The van der Waals surface area contributed by atoms with Crippen LogP contribution >= 0.6 is 11.3 Å². The number of amides is 2. The number of carbonyl (C=O) groups excluding carboxylic acids is 2. The van der Waals surface area contributed by atoms with Gasteiger partial charge in [-0.2, -0.15) is 4.31 Å². The predicted molar refractivity (Wildman–Crippen MR) is 111 cm³/mol. The Hall–Kier alpha value is -2.47. The van der Waals surface area contributed by atoms with E-state index >= 15 is 0 Å². The minimum atomic E-state index is -3.70. The van der Waals surface area contributed by atoms with Crippen LogP contribution in [0.2, 0.25) is 0 Å². The molecule has 2 heterocycles. The topological polar surface area (TPSA) is 114 Å². The van der Waals surface area contributed by atoms with E-state index in [1.54, 1.807) is 18.6 Å². The first-order valence-corrected chi connectivity index (χ1v) is 11.6. The van der Waals surface area contributed by atoms with Gasteiger partial charge in [-0.05, 0) is 29.5 Å². The zero-order valence-electron chi connectivity index (χ0n) is 16.4. The number of para-hydroxylation sites is 1. The first kappa shape index (κ1) is 22.2. The van der Waals surface area contributed by atoms with Crippen LogP contribution in [0.5, 0.6) is 5.75 Å². The number of ether oxygens (including phenoxy) is 2. The molecule has 0 aliphatic carbocycles. The van der Waals surface area contributed by atoms with E-state index in [9.17, 15) is 18.0 Å². The summed E-state index contributed by atoms with van der Waals surface area (Å²) in [6, 6.07) is 10.6. The Morgan fingerprint density at radius 1 is 1.20 bits per heavy atom. The molecule has 2 amide bonds. The maximum atomic E-state index is 12.7. The normalized spacial score (nSPS) is 16.9. The molecule has 3 rings (SSSR count). The lowest BCUT2D eigenvalue weighted by atomic mass is 10.1. The molecule has 0 radical (unpaired) electrons. The lowest BCUT2D eigenvalue weighted by molar-refractivity contribution is -0.139. The molecule has 2 aromatic rings. The number of methoxy groups -OCH3 is 1. The molecule has 11 heteroatoms. The predicted octanol–water partition coefficient (Wildman–Crippen LogP) is 0.579. The number of hydrogen-bond donors (Lipinski definition) is 2. The molecule has 1 aliphatic heterocycles. The van der Waals surface area contributed by atoms with Crippen LogP contribution in [0.25, 0.3) is 0 Å². The first-order valence-electron chi connectivity index (χ1n) is 9.28. The summed E-state index contributed by atoms with van der Waals surface area (Å²) in [5.41, 5.74) is 0.912. The van der Waals surface area contributed by atoms with Crippen molar-refractivity contribution in [3.63, 3.8) is 0 Å². The number of nitrogens with one attached hydrogen (secondary N) is 2. The Morgan fingerprint density at radius 2 is 1.97 bits per heavy atom. The number of sulfonamides is 1. The summed E-state index contributed by atoms with van der Waals surface area (Å²) in [7, 11) is -2.13. The van der Waals surface area contributed by atoms with E-state index in [0.29, 0.717) is 12.2 Å². The average molecular weight is 454 g/mol. The minimum absolute atomic E-state index is 0.122. The van der Waals surface area contributed by atoms with Gasteiger partial charge in [-0.3, -0.25) is 9.59 Å². The summed E-state index contributed by atoms with van der Waals surface area (Å²) in [6.07, 6.45) is -0.357. The van der Waals surface area contributed by atoms with E-state index in [-0.39, 0.29) is 30.5 Å². The summed E-state index contributed by atoms with van der Waals surface area (Å²) >= 11 is 1.11. The van der Waals surface area contributed by atoms with Gasteiger partial charge in [0.15, 0.2) is 0 Å². The highest BCUT2D eigenvalue weighted by Gasteiger charge is 2.37. The standard InChI is InChI=1S/C19H23N3O6S2/c1-27-15-6-3-2-5-14(15)8-9-20-18(23)19(24)21-13-16-22(10-11-28-16)30(25,26)17-7-4-12-29-17/h2-7,12,16H,8-11,13H2,1H3,(H,20,23)(H,21,24)/t16-/m0/s1. The molecule has 1 aliphatic rings. The van der Waals surface area contributed by atoms with Crippen molar-refractivity contribution in [2.45, 2.75) is 16.9 Å². The van der Waals surface area contributed by atoms with E-state index in [1.165, 1.54) is 10.4 Å². The van der Waals surface area contributed by atoms with Crippen molar-refractivity contribution in [2.75, 3.05) is 33.4 Å². The van der Waals surface area contributed by atoms with E-state index in [2.05, 4.69) is 10.6 Å². The Balaban J connectivity index is 1.48. The number of benzene rings is 1. The minimum Gasteiger partial charge on any atom is -0.496 e. The number of rotatable bonds is 8. The quantitative estimate of drug-likeness (QED) is 0.565. The highest BCUT2D eigenvalue weighted by atomic mass is 32.2. The molecular formula is C19H23N3O6S2. The average Bonchev–Trinajstić information content (AvgIpc) is 3.44. The van der Waals surface area contributed by atoms with Crippen LogP contribution in [0.1, 0.15) is 5.56 Å². The van der Waals surface area contributed by atoms with Crippen LogP contribution in [0.4, 0.5) is 0 Å². The fourth-order valence-corrected chi connectivity index (χ4v) is 5.66. The zero-order chi connectivity index (χ0) is 21.6. The largest absolute Gasteiger partial charge is 0.496 e. The maximum absolute atomic E-state index is 12.7. The summed E-state index contributed by atoms with van der Waals surface area (Å²) in [5.74, 6) is -0.934. The van der Waals surface area contributed by atoms with Crippen molar-refractivity contribution in [3.8, 4) is 5.75 Å². The van der Waals surface area contributed by atoms with Crippen LogP contribution in [-0.4, -0.2) is 64.1 Å². The van der Waals surface area contributed by atoms with Crippen LogP contribution in [0.3, 0.4) is 0 Å². The second-order valence-corrected chi connectivity index (χ2v) is 9.47. The summed E-state index contributed by atoms with van der Waals surface area (Å²) < 4.78 is 37.4. The number of thiophene rings is 1. The second kappa shape index (κ2) is 10.0. The highest BCUT2D eigenvalue weighted by Crippen LogP contribution is 2.25. The molecule has 30 heavy (non-hydrogen) atoms. The van der Waals surface area contributed by atoms with Crippen molar-refractivity contribution in [3.05, 3.63) is 47.3 Å². The molecule has 0 unspecified atom stereocenters. The third kappa shape index (κ3) is 5.17. The number of hydrogen-bond acceptors (Lipinski definition) is 7. The molecule has 0 bridgehead atoms. The Morgan fingerprint density at radius 3 is 2.70 bits per heavy atom. The van der Waals surface area contributed by atoms with E-state index < -0.39 is 28.1 Å². The van der Waals surface area contributed by atoms with Crippen molar-refractivity contribution in [1.29, 1.82) is 0 Å². The molecule has 9 nitrogen and oxygen atoms in total. The second-order valence-electron chi connectivity index (χ2n) is 6.40. The Bertz CT molecular complexity index is 978. The fourth-order valence-electron chi connectivity index (χ4n) is 3.03. The third-order valence-corrected chi connectivity index (χ3v) is 7.78. The van der Waals surface area contributed by atoms with Crippen LogP contribution in [0, 0.1) is 0 Å². The van der Waals surface area contributed by atoms with E-state index in [4.69, 9.17) is 9.47 Å². The maximum Gasteiger partial charge on any atom is 0.309 e. The van der Waals surface area contributed by atoms with Gasteiger partial charge in [0.2, 0.25) is 0 Å². The molecule has 0 saturated carbocycles. The van der Waals surface area contributed by atoms with Gasteiger partial charge in [0.1, 0.15) is 16.2 Å². The number of carbonyl (C=O) groups is 2. The smallest absolute Gasteiger partial charge is 0.309 e. The van der Waals surface area contributed by atoms with Gasteiger partial charge in [0.25, 0.3) is 10.0 Å². The van der Waals surface area contributed by atoms with Crippen LogP contribution in [-0.2, 0) is 30.8 Å². The summed E-state index contributed by atoms with van der Waals surface area (Å²) in [4.78, 5) is 24.1. The van der Waals surface area contributed by atoms with Gasteiger partial charge >= 0.3 is 11.8 Å². The van der Waals surface area contributed by atoms with E-state index in [0.717, 1.165) is 16.9 Å². The van der Waals surface area contributed by atoms with Crippen molar-refractivity contribution >= 4 is 33.2 Å². The molecule has 1 aromatic heterocycles. The van der Waals surface area contributed by atoms with E-state index in [1.807, 2.05) is 24.3 Å². The molecule has 0 spiro atoms. The third-order valence-electron chi connectivity index (χ3n) is 4.52. The lowest BCUT2D eigenvalue weighted by Crippen LogP contribution is -2.47. The molecule has 162 valence electrons. The summed E-state index contributed by atoms with van der Waals surface area (Å²) in [6.45, 7) is 0.539. The van der Waals surface area contributed by atoms with Gasteiger partial charge in [-0.1, -0.05) is 24.3 Å². The number of nitrogens with zero attached hydrogens (tertiary/aromatic N) is 1.